The van der Waals surface area contributed by atoms with Gasteiger partial charge in [-0.2, -0.15) is 0 Å². The van der Waals surface area contributed by atoms with Gasteiger partial charge in [0, 0.05) is 0 Å². The summed E-state index contributed by atoms with van der Waals surface area (Å²) < 4.78 is 13.6. The van der Waals surface area contributed by atoms with Crippen molar-refractivity contribution in [2.24, 2.45) is 23.2 Å². The molecule has 0 amide bonds. The molecule has 2 rings (SSSR count). The largest absolute Gasteiger partial charge is 0.393 e. The zero-order chi connectivity index (χ0) is 16.4. The van der Waals surface area contributed by atoms with Gasteiger partial charge in [-0.05, 0) is 101 Å². The third kappa shape index (κ3) is 5.51. The van der Waals surface area contributed by atoms with Crippen molar-refractivity contribution in [3.63, 3.8) is 0 Å². The molecule has 2 aliphatic rings. The van der Waals surface area contributed by atoms with E-state index in [2.05, 4.69) is 13.8 Å². The van der Waals surface area contributed by atoms with Gasteiger partial charge in [0.05, 0.1) is 6.10 Å². The minimum atomic E-state index is -1.02. The van der Waals surface area contributed by atoms with Crippen molar-refractivity contribution >= 4 is 0 Å². The van der Waals surface area contributed by atoms with Crippen LogP contribution in [0.15, 0.2) is 0 Å². The van der Waals surface area contributed by atoms with Gasteiger partial charge in [0.2, 0.25) is 0 Å². The van der Waals surface area contributed by atoms with Crippen LogP contribution in [-0.4, -0.2) is 16.9 Å². The number of halogens is 1. The Morgan fingerprint density at radius 2 is 1.68 bits per heavy atom. The molecule has 2 atom stereocenters. The van der Waals surface area contributed by atoms with E-state index in [1.54, 1.807) is 13.8 Å². The highest BCUT2D eigenvalue weighted by Gasteiger charge is 2.49. The van der Waals surface area contributed by atoms with Crippen LogP contribution in [0.4, 0.5) is 4.39 Å². The fourth-order valence-corrected chi connectivity index (χ4v) is 4.80. The Balaban J connectivity index is 1.73. The lowest BCUT2D eigenvalue weighted by Crippen LogP contribution is -2.26. The van der Waals surface area contributed by atoms with E-state index in [1.807, 2.05) is 0 Å². The second-order valence-corrected chi connectivity index (χ2v) is 9.28. The van der Waals surface area contributed by atoms with Gasteiger partial charge in [-0.25, -0.2) is 4.39 Å². The highest BCUT2D eigenvalue weighted by molar-refractivity contribution is 5.00. The van der Waals surface area contributed by atoms with E-state index < -0.39 is 5.67 Å². The monoisotopic (exact) mass is 312 g/mol. The predicted octanol–water partition coefficient (Wildman–Crippen LogP) is 5.90. The molecule has 2 heteroatoms. The Bertz CT molecular complexity index is 334. The molecule has 2 fully saturated rings. The maximum absolute atomic E-state index is 13.6. The van der Waals surface area contributed by atoms with Crippen LogP contribution in [0.25, 0.3) is 0 Å². The van der Waals surface area contributed by atoms with Gasteiger partial charge in [-0.3, -0.25) is 0 Å². The summed E-state index contributed by atoms with van der Waals surface area (Å²) in [7, 11) is 0. The van der Waals surface area contributed by atoms with E-state index in [1.165, 1.54) is 38.5 Å². The van der Waals surface area contributed by atoms with E-state index >= 15 is 0 Å². The van der Waals surface area contributed by atoms with Crippen molar-refractivity contribution in [3.05, 3.63) is 0 Å². The van der Waals surface area contributed by atoms with Crippen LogP contribution in [-0.2, 0) is 0 Å². The van der Waals surface area contributed by atoms with Gasteiger partial charge in [0.25, 0.3) is 0 Å². The van der Waals surface area contributed by atoms with Crippen LogP contribution in [0.3, 0.4) is 0 Å². The highest BCUT2D eigenvalue weighted by Crippen LogP contribution is 2.60. The van der Waals surface area contributed by atoms with Crippen molar-refractivity contribution < 1.29 is 9.50 Å². The number of hydrogen-bond acceptors (Lipinski definition) is 1. The molecule has 0 heterocycles. The van der Waals surface area contributed by atoms with E-state index in [0.717, 1.165) is 31.1 Å². The van der Waals surface area contributed by atoms with E-state index in [-0.39, 0.29) is 6.10 Å². The second kappa shape index (κ2) is 7.20. The number of hydrogen-bond donors (Lipinski definition) is 1. The Labute approximate surface area is 137 Å². The molecule has 2 saturated carbocycles. The molecule has 0 unspecified atom stereocenters. The van der Waals surface area contributed by atoms with E-state index in [9.17, 15) is 9.50 Å². The molecule has 0 aromatic heterocycles. The topological polar surface area (TPSA) is 20.2 Å². The SMILES string of the molecule is C[C@H](CCC(C)(C)F)C[C@@H](C)CC1(C2CCC(O)CC2)CC1. The van der Waals surface area contributed by atoms with Gasteiger partial charge in [-0.15, -0.1) is 0 Å². The normalized spacial score (nSPS) is 30.8. The summed E-state index contributed by atoms with van der Waals surface area (Å²) in [6.45, 7) is 8.08. The first-order valence-corrected chi connectivity index (χ1v) is 9.57. The first-order valence-electron chi connectivity index (χ1n) is 9.57. The highest BCUT2D eigenvalue weighted by atomic mass is 19.1. The molecule has 0 bridgehead atoms. The van der Waals surface area contributed by atoms with Gasteiger partial charge in [0.1, 0.15) is 5.67 Å². The van der Waals surface area contributed by atoms with Crippen molar-refractivity contribution in [2.75, 3.05) is 0 Å². The van der Waals surface area contributed by atoms with E-state index in [0.29, 0.717) is 17.8 Å². The van der Waals surface area contributed by atoms with Crippen molar-refractivity contribution in [1.82, 2.24) is 0 Å². The molecule has 0 saturated heterocycles. The number of aliphatic hydroxyl groups is 1. The fraction of sp³-hybridized carbons (Fsp3) is 1.00. The minimum absolute atomic E-state index is 0.0337. The maximum atomic E-state index is 13.6. The zero-order valence-corrected chi connectivity index (χ0v) is 15.2. The molecule has 22 heavy (non-hydrogen) atoms. The van der Waals surface area contributed by atoms with Crippen LogP contribution < -0.4 is 0 Å². The molecule has 1 nitrogen and oxygen atoms in total. The van der Waals surface area contributed by atoms with Crippen molar-refractivity contribution in [3.8, 4) is 0 Å². The standard InChI is InChI=1S/C20H37FO/c1-15(9-10-19(3,4)21)13-16(2)14-20(11-12-20)17-5-7-18(22)8-6-17/h15-18,22H,5-14H2,1-4H3/t15-,16-,17?,18?/m1/s1. The molecule has 0 aromatic rings. The summed E-state index contributed by atoms with van der Waals surface area (Å²) in [5.41, 5.74) is -0.406. The molecule has 2 aliphatic carbocycles. The summed E-state index contributed by atoms with van der Waals surface area (Å²) in [5, 5.41) is 9.71. The van der Waals surface area contributed by atoms with Gasteiger partial charge < -0.3 is 5.11 Å². The summed E-state index contributed by atoms with van der Waals surface area (Å²) in [5.74, 6) is 2.25. The number of alkyl halides is 1. The average Bonchev–Trinajstić information content (AvgIpc) is 3.17. The smallest absolute Gasteiger partial charge is 0.105 e. The van der Waals surface area contributed by atoms with E-state index in [4.69, 9.17) is 0 Å². The average molecular weight is 313 g/mol. The Kier molecular flexibility index (Phi) is 5.96. The summed E-state index contributed by atoms with van der Waals surface area (Å²) in [6, 6.07) is 0. The Hall–Kier alpha value is -0.110. The molecule has 0 aromatic carbocycles. The van der Waals surface area contributed by atoms with Crippen LogP contribution in [0.1, 0.15) is 91.9 Å². The summed E-state index contributed by atoms with van der Waals surface area (Å²) >= 11 is 0. The van der Waals surface area contributed by atoms with Gasteiger partial charge in [0.15, 0.2) is 0 Å². The predicted molar refractivity (Wildman–Crippen MR) is 91.6 cm³/mol. The first kappa shape index (κ1) is 18.2. The second-order valence-electron chi connectivity index (χ2n) is 9.28. The molecule has 0 spiro atoms. The fourth-order valence-electron chi connectivity index (χ4n) is 4.80. The van der Waals surface area contributed by atoms with Crippen molar-refractivity contribution in [1.29, 1.82) is 0 Å². The number of rotatable bonds is 8. The molecular weight excluding hydrogens is 275 g/mol. The maximum Gasteiger partial charge on any atom is 0.105 e. The van der Waals surface area contributed by atoms with Gasteiger partial charge >= 0.3 is 0 Å². The van der Waals surface area contributed by atoms with Crippen molar-refractivity contribution in [2.45, 2.75) is 104 Å². The lowest BCUT2D eigenvalue weighted by molar-refractivity contribution is 0.0775. The molecule has 1 N–H and O–H groups in total. The molecule has 130 valence electrons. The van der Waals surface area contributed by atoms with Crippen LogP contribution >= 0.6 is 0 Å². The van der Waals surface area contributed by atoms with Crippen LogP contribution in [0, 0.1) is 23.2 Å². The van der Waals surface area contributed by atoms with Gasteiger partial charge in [-0.1, -0.05) is 13.8 Å². The third-order valence-electron chi connectivity index (χ3n) is 6.25. The Morgan fingerprint density at radius 3 is 2.18 bits per heavy atom. The third-order valence-corrected chi connectivity index (χ3v) is 6.25. The lowest BCUT2D eigenvalue weighted by atomic mass is 9.72. The zero-order valence-electron chi connectivity index (χ0n) is 15.2. The first-order chi connectivity index (χ1) is 10.2. The molecule has 0 aliphatic heterocycles. The molecule has 0 radical (unpaired) electrons. The minimum Gasteiger partial charge on any atom is -0.393 e. The summed E-state index contributed by atoms with van der Waals surface area (Å²) in [4.78, 5) is 0. The van der Waals surface area contributed by atoms with Crippen LogP contribution in [0.2, 0.25) is 0 Å². The quantitative estimate of drug-likeness (QED) is 0.591. The lowest BCUT2D eigenvalue weighted by Gasteiger charge is -2.34. The summed E-state index contributed by atoms with van der Waals surface area (Å²) in [6.07, 6.45) is 11.6. The van der Waals surface area contributed by atoms with Crippen LogP contribution in [0.5, 0.6) is 0 Å². The molecular formula is C20H37FO. The Morgan fingerprint density at radius 1 is 1.09 bits per heavy atom. The number of aliphatic hydroxyl groups excluding tert-OH is 1.